The highest BCUT2D eigenvalue weighted by Crippen LogP contribution is 2.16. The number of para-hydroxylation sites is 1. The van der Waals surface area contributed by atoms with Crippen molar-refractivity contribution >= 4 is 28.1 Å². The van der Waals surface area contributed by atoms with Crippen LogP contribution in [0, 0.1) is 0 Å². The quantitative estimate of drug-likeness (QED) is 0.626. The second-order valence-corrected chi connectivity index (χ2v) is 7.58. The Kier molecular flexibility index (Phi) is 6.36. The average molecular weight is 385 g/mol. The first kappa shape index (κ1) is 19.3. The molecule has 3 rings (SSSR count). The summed E-state index contributed by atoms with van der Waals surface area (Å²) in [5, 5.41) is 3.54. The number of carbonyl (C=O) groups excluding carboxylic acids is 1. The van der Waals surface area contributed by atoms with E-state index in [1.165, 1.54) is 4.88 Å². The summed E-state index contributed by atoms with van der Waals surface area (Å²) in [6, 6.07) is 11.4. The van der Waals surface area contributed by atoms with Crippen LogP contribution in [0.3, 0.4) is 0 Å². The second kappa shape index (κ2) is 8.92. The van der Waals surface area contributed by atoms with Gasteiger partial charge in [-0.05, 0) is 37.2 Å². The number of benzene rings is 1. The van der Waals surface area contributed by atoms with E-state index in [0.717, 1.165) is 11.3 Å². The highest BCUT2D eigenvalue weighted by molar-refractivity contribution is 7.11. The highest BCUT2D eigenvalue weighted by Gasteiger charge is 2.12. The Balaban J connectivity index is 1.60. The minimum Gasteiger partial charge on any atom is -0.350 e. The van der Waals surface area contributed by atoms with Crippen molar-refractivity contribution in [3.05, 3.63) is 62.3 Å². The first-order chi connectivity index (χ1) is 13.1. The minimum absolute atomic E-state index is 0.0357. The van der Waals surface area contributed by atoms with E-state index in [1.54, 1.807) is 17.4 Å². The van der Waals surface area contributed by atoms with Crippen LogP contribution in [0.4, 0.5) is 0 Å². The zero-order chi connectivity index (χ0) is 19.2. The molecule has 0 bridgehead atoms. The molecule has 2 heterocycles. The smallest absolute Gasteiger partial charge is 0.258 e. The predicted molar refractivity (Wildman–Crippen MR) is 109 cm³/mol. The standard InChI is InChI=1S/C20H24N4O2S/c1-3-14-9-10-15(27-14)11-21-19(25)13-24(4-2)12-18-22-17-8-6-5-7-16(17)20(26)23-18/h5-10H,3-4,11-13H2,1-2H3,(H,21,25)(H,22,23,26). The Morgan fingerprint density at radius 2 is 1.96 bits per heavy atom. The number of likely N-dealkylation sites (N-methyl/N-ethyl adjacent to an activating group) is 1. The molecule has 0 unspecified atom stereocenters. The fourth-order valence-corrected chi connectivity index (χ4v) is 3.75. The van der Waals surface area contributed by atoms with Crippen LogP contribution in [-0.2, 0) is 24.3 Å². The maximum Gasteiger partial charge on any atom is 0.258 e. The van der Waals surface area contributed by atoms with Gasteiger partial charge in [0.1, 0.15) is 5.82 Å². The van der Waals surface area contributed by atoms with Crippen molar-refractivity contribution in [2.45, 2.75) is 33.4 Å². The second-order valence-electron chi connectivity index (χ2n) is 6.33. The first-order valence-corrected chi connectivity index (χ1v) is 9.95. The number of aromatic nitrogens is 2. The van der Waals surface area contributed by atoms with Crippen molar-refractivity contribution in [2.75, 3.05) is 13.1 Å². The van der Waals surface area contributed by atoms with Crippen molar-refractivity contribution in [2.24, 2.45) is 0 Å². The fourth-order valence-electron chi connectivity index (χ4n) is 2.85. The van der Waals surface area contributed by atoms with Gasteiger partial charge in [-0.2, -0.15) is 0 Å². The third-order valence-electron chi connectivity index (χ3n) is 4.38. The van der Waals surface area contributed by atoms with Crippen LogP contribution in [0.1, 0.15) is 29.4 Å². The number of thiophene rings is 1. The van der Waals surface area contributed by atoms with Gasteiger partial charge >= 0.3 is 0 Å². The molecular weight excluding hydrogens is 360 g/mol. The summed E-state index contributed by atoms with van der Waals surface area (Å²) in [5.41, 5.74) is 0.515. The lowest BCUT2D eigenvalue weighted by Gasteiger charge is -2.19. The van der Waals surface area contributed by atoms with Crippen LogP contribution in [0.2, 0.25) is 0 Å². The summed E-state index contributed by atoms with van der Waals surface area (Å²) in [6.07, 6.45) is 1.01. The van der Waals surface area contributed by atoms with Gasteiger partial charge in [-0.25, -0.2) is 4.98 Å². The van der Waals surface area contributed by atoms with E-state index in [-0.39, 0.29) is 18.0 Å². The summed E-state index contributed by atoms with van der Waals surface area (Å²) in [4.78, 5) is 36.2. The van der Waals surface area contributed by atoms with Gasteiger partial charge in [-0.3, -0.25) is 14.5 Å². The van der Waals surface area contributed by atoms with Crippen LogP contribution in [0.5, 0.6) is 0 Å². The molecule has 1 amide bonds. The van der Waals surface area contributed by atoms with Crippen molar-refractivity contribution in [3.63, 3.8) is 0 Å². The van der Waals surface area contributed by atoms with Crippen molar-refractivity contribution in [1.82, 2.24) is 20.2 Å². The third kappa shape index (κ3) is 5.02. The Morgan fingerprint density at radius 3 is 2.70 bits per heavy atom. The average Bonchev–Trinajstić information content (AvgIpc) is 3.14. The van der Waals surface area contributed by atoms with Crippen LogP contribution < -0.4 is 10.9 Å². The number of nitrogens with zero attached hydrogens (tertiary/aromatic N) is 2. The third-order valence-corrected chi connectivity index (χ3v) is 5.60. The molecule has 0 atom stereocenters. The maximum absolute atomic E-state index is 12.3. The topological polar surface area (TPSA) is 78.1 Å². The number of fused-ring (bicyclic) bond motifs is 1. The Bertz CT molecular complexity index is 979. The van der Waals surface area contributed by atoms with E-state index < -0.39 is 0 Å². The number of amides is 1. The van der Waals surface area contributed by atoms with Gasteiger partial charge in [-0.15, -0.1) is 11.3 Å². The van der Waals surface area contributed by atoms with Gasteiger partial charge < -0.3 is 10.3 Å². The van der Waals surface area contributed by atoms with Crippen molar-refractivity contribution < 1.29 is 4.79 Å². The van der Waals surface area contributed by atoms with E-state index >= 15 is 0 Å². The number of hydrogen-bond acceptors (Lipinski definition) is 5. The minimum atomic E-state index is -0.152. The number of carbonyl (C=O) groups is 1. The van der Waals surface area contributed by atoms with Gasteiger partial charge in [0.2, 0.25) is 5.91 Å². The fraction of sp³-hybridized carbons (Fsp3) is 0.350. The summed E-state index contributed by atoms with van der Waals surface area (Å²) in [5.74, 6) is 0.533. The van der Waals surface area contributed by atoms with E-state index in [0.29, 0.717) is 36.4 Å². The molecule has 0 fully saturated rings. The summed E-state index contributed by atoms with van der Waals surface area (Å²) in [6.45, 7) is 6.02. The molecule has 0 radical (unpaired) electrons. The summed E-state index contributed by atoms with van der Waals surface area (Å²) in [7, 11) is 0. The number of aryl methyl sites for hydroxylation is 1. The van der Waals surface area contributed by atoms with E-state index in [1.807, 2.05) is 30.0 Å². The zero-order valence-electron chi connectivity index (χ0n) is 15.6. The predicted octanol–water partition coefficient (Wildman–Crippen LogP) is 2.69. The van der Waals surface area contributed by atoms with Gasteiger partial charge in [-0.1, -0.05) is 26.0 Å². The highest BCUT2D eigenvalue weighted by atomic mass is 32.1. The molecule has 7 heteroatoms. The van der Waals surface area contributed by atoms with Gasteiger partial charge in [0.15, 0.2) is 0 Å². The molecule has 1 aromatic carbocycles. The zero-order valence-corrected chi connectivity index (χ0v) is 16.4. The van der Waals surface area contributed by atoms with Crippen molar-refractivity contribution in [3.8, 4) is 0 Å². The van der Waals surface area contributed by atoms with Crippen LogP contribution in [0.15, 0.2) is 41.2 Å². The molecule has 142 valence electrons. The largest absolute Gasteiger partial charge is 0.350 e. The van der Waals surface area contributed by atoms with Gasteiger partial charge in [0.25, 0.3) is 5.56 Å². The normalized spacial score (nSPS) is 11.2. The molecule has 0 saturated carbocycles. The maximum atomic E-state index is 12.3. The van der Waals surface area contributed by atoms with E-state index in [9.17, 15) is 9.59 Å². The Labute approximate surface area is 162 Å². The lowest BCUT2D eigenvalue weighted by molar-refractivity contribution is -0.122. The Hall–Kier alpha value is -2.51. The lowest BCUT2D eigenvalue weighted by atomic mass is 10.2. The SMILES string of the molecule is CCc1ccc(CNC(=O)CN(CC)Cc2nc3ccccc3c(=O)[nH]2)s1. The number of rotatable bonds is 8. The molecule has 2 aromatic heterocycles. The van der Waals surface area contributed by atoms with Crippen LogP contribution in [0.25, 0.3) is 10.9 Å². The molecule has 0 spiro atoms. The molecule has 0 saturated heterocycles. The van der Waals surface area contributed by atoms with Gasteiger partial charge in [0, 0.05) is 9.75 Å². The molecule has 6 nitrogen and oxygen atoms in total. The molecule has 0 aliphatic carbocycles. The molecule has 3 aromatic rings. The van der Waals surface area contributed by atoms with Crippen molar-refractivity contribution in [1.29, 1.82) is 0 Å². The summed E-state index contributed by atoms with van der Waals surface area (Å²) >= 11 is 1.73. The van der Waals surface area contributed by atoms with E-state index in [2.05, 4.69) is 34.3 Å². The molecular formula is C20H24N4O2S. The van der Waals surface area contributed by atoms with Crippen LogP contribution >= 0.6 is 11.3 Å². The number of nitrogens with one attached hydrogen (secondary N) is 2. The molecule has 0 aliphatic heterocycles. The van der Waals surface area contributed by atoms with Gasteiger partial charge in [0.05, 0.1) is 30.5 Å². The number of hydrogen-bond donors (Lipinski definition) is 2. The first-order valence-electron chi connectivity index (χ1n) is 9.13. The molecule has 27 heavy (non-hydrogen) atoms. The monoisotopic (exact) mass is 384 g/mol. The molecule has 2 N–H and O–H groups in total. The number of H-pyrrole nitrogens is 1. The molecule has 0 aliphatic rings. The van der Waals surface area contributed by atoms with E-state index in [4.69, 9.17) is 0 Å². The summed E-state index contributed by atoms with van der Waals surface area (Å²) < 4.78 is 0. The van der Waals surface area contributed by atoms with Crippen LogP contribution in [-0.4, -0.2) is 33.9 Å². The Morgan fingerprint density at radius 1 is 1.19 bits per heavy atom. The number of aromatic amines is 1. The lowest BCUT2D eigenvalue weighted by Crippen LogP contribution is -2.37.